The summed E-state index contributed by atoms with van der Waals surface area (Å²) in [6.07, 6.45) is 0. The first-order valence-corrected chi connectivity index (χ1v) is 10.7. The van der Waals surface area contributed by atoms with E-state index in [9.17, 15) is 13.7 Å². The van der Waals surface area contributed by atoms with Crippen LogP contribution in [0.15, 0.2) is 41.3 Å². The molecule has 1 N–H and O–H groups in total. The summed E-state index contributed by atoms with van der Waals surface area (Å²) >= 11 is 5.50. The molecule has 1 fully saturated rings. The molecule has 0 saturated carbocycles. The smallest absolute Gasteiger partial charge is 0.243 e. The summed E-state index contributed by atoms with van der Waals surface area (Å²) in [6.45, 7) is 6.85. The zero-order chi connectivity index (χ0) is 19.6. The Kier molecular flexibility index (Phi) is 5.77. The Morgan fingerprint density at radius 2 is 1.81 bits per heavy atom. The molecule has 1 aromatic heterocycles. The normalized spacial score (nSPS) is 16.2. The van der Waals surface area contributed by atoms with Crippen molar-refractivity contribution in [3.8, 4) is 6.07 Å². The molecule has 0 radical (unpaired) electrons. The van der Waals surface area contributed by atoms with E-state index in [4.69, 9.17) is 12.2 Å². The highest BCUT2D eigenvalue weighted by molar-refractivity contribution is 7.89. The van der Waals surface area contributed by atoms with Gasteiger partial charge in [0.1, 0.15) is 10.7 Å². The lowest BCUT2D eigenvalue weighted by molar-refractivity contribution is -0.926. The Labute approximate surface area is 165 Å². The predicted molar refractivity (Wildman–Crippen MR) is 105 cm³/mol. The van der Waals surface area contributed by atoms with Crippen LogP contribution in [0.25, 0.3) is 0 Å². The van der Waals surface area contributed by atoms with Crippen LogP contribution in [0.1, 0.15) is 16.8 Å². The van der Waals surface area contributed by atoms with Gasteiger partial charge in [-0.25, -0.2) is 8.42 Å². The summed E-state index contributed by atoms with van der Waals surface area (Å²) in [7, 11) is -3.44. The van der Waals surface area contributed by atoms with Gasteiger partial charge in [0.05, 0.1) is 36.6 Å². The van der Waals surface area contributed by atoms with Crippen molar-refractivity contribution in [2.45, 2.75) is 25.4 Å². The Balaban J connectivity index is 1.73. The van der Waals surface area contributed by atoms with Crippen molar-refractivity contribution in [1.82, 2.24) is 8.87 Å². The van der Waals surface area contributed by atoms with Crippen LogP contribution in [-0.2, 0) is 16.7 Å². The number of benzene rings is 1. The lowest BCUT2D eigenvalue weighted by Crippen LogP contribution is -3.14. The van der Waals surface area contributed by atoms with Gasteiger partial charge in [0.25, 0.3) is 0 Å². The van der Waals surface area contributed by atoms with E-state index >= 15 is 0 Å². The average molecular weight is 404 g/mol. The summed E-state index contributed by atoms with van der Waals surface area (Å²) in [5.74, 6) is 0. The second kappa shape index (κ2) is 7.90. The monoisotopic (exact) mass is 403 g/mol. The summed E-state index contributed by atoms with van der Waals surface area (Å²) in [5.41, 5.74) is 2.45. The molecule has 1 aliphatic heterocycles. The fraction of sp³-hybridized carbons (Fsp3) is 0.368. The minimum Gasteiger partial charge on any atom is -0.315 e. The number of hydrogen-bond acceptors (Lipinski definition) is 4. The second-order valence-corrected chi connectivity index (χ2v) is 9.14. The maximum Gasteiger partial charge on any atom is 0.243 e. The van der Waals surface area contributed by atoms with Crippen LogP contribution in [-0.4, -0.2) is 43.5 Å². The maximum absolute atomic E-state index is 12.7. The number of rotatable bonds is 4. The number of nitriles is 1. The number of aryl methyl sites for hydroxylation is 2. The fourth-order valence-electron chi connectivity index (χ4n) is 3.43. The van der Waals surface area contributed by atoms with E-state index in [1.165, 1.54) is 4.90 Å². The first-order chi connectivity index (χ1) is 12.8. The molecular weight excluding hydrogens is 380 g/mol. The summed E-state index contributed by atoms with van der Waals surface area (Å²) in [6, 6.07) is 12.7. The molecule has 0 atom stereocenters. The molecule has 6 nitrogen and oxygen atoms in total. The van der Waals surface area contributed by atoms with Crippen LogP contribution >= 0.6 is 12.2 Å². The molecule has 142 valence electrons. The van der Waals surface area contributed by atoms with E-state index in [2.05, 4.69) is 6.07 Å². The van der Waals surface area contributed by atoms with E-state index in [-0.39, 0.29) is 0 Å². The zero-order valence-electron chi connectivity index (χ0n) is 15.5. The first-order valence-electron chi connectivity index (χ1n) is 8.84. The van der Waals surface area contributed by atoms with Crippen molar-refractivity contribution in [2.75, 3.05) is 26.2 Å². The molecule has 0 bridgehead atoms. The van der Waals surface area contributed by atoms with Crippen molar-refractivity contribution in [3.63, 3.8) is 0 Å². The van der Waals surface area contributed by atoms with Gasteiger partial charge in [0.15, 0.2) is 6.67 Å². The van der Waals surface area contributed by atoms with Gasteiger partial charge in [0, 0.05) is 5.69 Å². The third kappa shape index (κ3) is 3.96. The van der Waals surface area contributed by atoms with E-state index in [1.54, 1.807) is 28.6 Å². The van der Waals surface area contributed by atoms with Gasteiger partial charge >= 0.3 is 0 Å². The van der Waals surface area contributed by atoms with Crippen molar-refractivity contribution >= 4 is 22.2 Å². The van der Waals surface area contributed by atoms with Crippen LogP contribution in [0, 0.1) is 29.8 Å². The Morgan fingerprint density at radius 1 is 1.19 bits per heavy atom. The number of aromatic nitrogens is 1. The number of pyridine rings is 1. The molecule has 2 heterocycles. The van der Waals surface area contributed by atoms with Crippen molar-refractivity contribution in [1.29, 1.82) is 5.26 Å². The number of piperazine rings is 1. The largest absolute Gasteiger partial charge is 0.315 e. The van der Waals surface area contributed by atoms with Crippen LogP contribution in [0.5, 0.6) is 0 Å². The molecule has 27 heavy (non-hydrogen) atoms. The minimum absolute atomic E-state index is 0.337. The lowest BCUT2D eigenvalue weighted by Gasteiger charge is -2.32. The minimum atomic E-state index is -3.44. The molecule has 1 aromatic carbocycles. The fourth-order valence-corrected chi connectivity index (χ4v) is 5.30. The quantitative estimate of drug-likeness (QED) is 0.780. The first kappa shape index (κ1) is 19.7. The zero-order valence-corrected chi connectivity index (χ0v) is 17.1. The van der Waals surface area contributed by atoms with Crippen LogP contribution in [0.2, 0.25) is 0 Å². The number of quaternary nitrogens is 1. The van der Waals surface area contributed by atoms with Crippen molar-refractivity contribution in [2.24, 2.45) is 0 Å². The number of nitrogens with zero attached hydrogens (tertiary/aromatic N) is 3. The van der Waals surface area contributed by atoms with Gasteiger partial charge in [-0.2, -0.15) is 9.57 Å². The van der Waals surface area contributed by atoms with Gasteiger partial charge in [0.2, 0.25) is 10.0 Å². The SMILES string of the molecule is Cc1cc(C)n(C[NH+]2CCN(S(=O)(=O)c3ccccc3)CC2)c(=S)c1C#N. The molecule has 2 aromatic rings. The molecule has 8 heteroatoms. The maximum atomic E-state index is 12.7. The van der Waals surface area contributed by atoms with E-state index in [0.717, 1.165) is 11.3 Å². The Bertz CT molecular complexity index is 1030. The second-order valence-electron chi connectivity index (χ2n) is 6.81. The summed E-state index contributed by atoms with van der Waals surface area (Å²) in [4.78, 5) is 1.59. The Morgan fingerprint density at radius 3 is 2.41 bits per heavy atom. The van der Waals surface area contributed by atoms with Crippen molar-refractivity contribution in [3.05, 3.63) is 57.9 Å². The molecule has 0 amide bonds. The molecule has 0 unspecified atom stereocenters. The number of sulfonamides is 1. The molecular formula is C19H23N4O2S2+. The van der Waals surface area contributed by atoms with Crippen molar-refractivity contribution < 1.29 is 13.3 Å². The number of nitrogens with one attached hydrogen (secondary N) is 1. The molecule has 1 saturated heterocycles. The van der Waals surface area contributed by atoms with E-state index < -0.39 is 10.0 Å². The van der Waals surface area contributed by atoms with Gasteiger partial charge in [-0.1, -0.05) is 30.4 Å². The van der Waals surface area contributed by atoms with E-state index in [0.29, 0.717) is 47.9 Å². The third-order valence-electron chi connectivity index (χ3n) is 5.01. The van der Waals surface area contributed by atoms with Gasteiger partial charge in [-0.05, 0) is 37.6 Å². The summed E-state index contributed by atoms with van der Waals surface area (Å²) < 4.78 is 29.6. The van der Waals surface area contributed by atoms with E-state index in [1.807, 2.05) is 30.5 Å². The topological polar surface area (TPSA) is 70.5 Å². The standard InChI is InChI=1S/C19H22N4O2S2/c1-15-12-16(2)23(19(26)18(15)13-20)14-21-8-10-22(11-9-21)27(24,25)17-6-4-3-5-7-17/h3-7,12H,8-11,14H2,1-2H3/p+1. The molecule has 0 aliphatic carbocycles. The number of hydrogen-bond donors (Lipinski definition) is 1. The van der Waals surface area contributed by atoms with Crippen LogP contribution in [0.3, 0.4) is 0 Å². The van der Waals surface area contributed by atoms with Gasteiger partial charge < -0.3 is 4.90 Å². The summed E-state index contributed by atoms with van der Waals surface area (Å²) in [5, 5.41) is 9.34. The third-order valence-corrected chi connectivity index (χ3v) is 7.35. The molecule has 1 aliphatic rings. The highest BCUT2D eigenvalue weighted by Gasteiger charge is 2.30. The predicted octanol–water partition coefficient (Wildman–Crippen LogP) is 1.25. The van der Waals surface area contributed by atoms with Gasteiger partial charge in [-0.15, -0.1) is 0 Å². The molecule has 3 rings (SSSR count). The highest BCUT2D eigenvalue weighted by Crippen LogP contribution is 2.15. The lowest BCUT2D eigenvalue weighted by atomic mass is 10.1. The van der Waals surface area contributed by atoms with Gasteiger partial charge in [-0.3, -0.25) is 4.57 Å². The molecule has 0 spiro atoms. The van der Waals surface area contributed by atoms with Crippen LogP contribution in [0.4, 0.5) is 0 Å². The van der Waals surface area contributed by atoms with Crippen LogP contribution < -0.4 is 4.90 Å². The average Bonchev–Trinajstić information content (AvgIpc) is 2.66. The Hall–Kier alpha value is -2.05. The highest BCUT2D eigenvalue weighted by atomic mass is 32.2.